The second-order valence-electron chi connectivity index (χ2n) is 4.19. The molecule has 3 nitrogen and oxygen atoms in total. The van der Waals surface area contributed by atoms with E-state index in [1.807, 2.05) is 6.07 Å². The number of carbonyl (C=O) groups excluding carboxylic acids is 1. The molecule has 0 bridgehead atoms. The van der Waals surface area contributed by atoms with Crippen LogP contribution in [0.2, 0.25) is 0 Å². The van der Waals surface area contributed by atoms with Crippen molar-refractivity contribution in [2.75, 3.05) is 5.32 Å². The Hall–Kier alpha value is -2.43. The molecule has 0 aliphatic heterocycles. The first kappa shape index (κ1) is 14.0. The van der Waals surface area contributed by atoms with E-state index in [1.54, 1.807) is 24.3 Å². The highest BCUT2D eigenvalue weighted by atomic mass is 19.2. The molecule has 1 atom stereocenters. The van der Waals surface area contributed by atoms with E-state index in [2.05, 4.69) is 5.32 Å². The number of nitrogens with one attached hydrogen (secondary N) is 1. The molecule has 0 radical (unpaired) electrons. The molecule has 0 unspecified atom stereocenters. The van der Waals surface area contributed by atoms with Crippen molar-refractivity contribution in [2.45, 2.75) is 13.0 Å². The minimum Gasteiger partial charge on any atom is -0.481 e. The molecule has 0 aliphatic carbocycles. The molecule has 0 spiro atoms. The third kappa shape index (κ3) is 3.54. The Morgan fingerprint density at radius 3 is 2.45 bits per heavy atom. The molecule has 1 amide bonds. The zero-order valence-electron chi connectivity index (χ0n) is 10.8. The van der Waals surface area contributed by atoms with Crippen LogP contribution in [0.5, 0.6) is 5.75 Å². The zero-order valence-corrected chi connectivity index (χ0v) is 10.8. The Bertz CT molecular complexity index is 602. The standard InChI is InChI=1S/C15H13F2NO2/c1-10(15(19)18-11-5-3-2-4-6-11)20-12-7-8-13(16)14(17)9-12/h2-10H,1H3,(H,18,19)/t10-/m1/s1. The summed E-state index contributed by atoms with van der Waals surface area (Å²) in [5.41, 5.74) is 0.637. The van der Waals surface area contributed by atoms with Gasteiger partial charge in [0.2, 0.25) is 0 Å². The van der Waals surface area contributed by atoms with Gasteiger partial charge in [-0.25, -0.2) is 8.78 Å². The Morgan fingerprint density at radius 2 is 1.80 bits per heavy atom. The summed E-state index contributed by atoms with van der Waals surface area (Å²) in [6.07, 6.45) is -0.833. The maximum Gasteiger partial charge on any atom is 0.265 e. The van der Waals surface area contributed by atoms with Crippen molar-refractivity contribution in [1.82, 2.24) is 0 Å². The van der Waals surface area contributed by atoms with Crippen molar-refractivity contribution in [3.05, 3.63) is 60.2 Å². The van der Waals surface area contributed by atoms with E-state index in [0.29, 0.717) is 5.69 Å². The Balaban J connectivity index is 1.98. The van der Waals surface area contributed by atoms with Crippen LogP contribution in [-0.2, 0) is 4.79 Å². The summed E-state index contributed by atoms with van der Waals surface area (Å²) < 4.78 is 31.1. The number of anilines is 1. The third-order valence-corrected chi connectivity index (χ3v) is 2.61. The summed E-state index contributed by atoms with van der Waals surface area (Å²) in [5.74, 6) is -2.25. The van der Waals surface area contributed by atoms with Crippen LogP contribution in [0.3, 0.4) is 0 Å². The van der Waals surface area contributed by atoms with E-state index in [-0.39, 0.29) is 11.7 Å². The molecule has 20 heavy (non-hydrogen) atoms. The monoisotopic (exact) mass is 277 g/mol. The van der Waals surface area contributed by atoms with Crippen LogP contribution in [-0.4, -0.2) is 12.0 Å². The van der Waals surface area contributed by atoms with E-state index in [1.165, 1.54) is 13.0 Å². The first-order valence-electron chi connectivity index (χ1n) is 6.04. The summed E-state index contributed by atoms with van der Waals surface area (Å²) in [4.78, 5) is 11.9. The van der Waals surface area contributed by atoms with Gasteiger partial charge in [0.1, 0.15) is 5.75 Å². The summed E-state index contributed by atoms with van der Waals surface area (Å²) in [6, 6.07) is 12.0. The Labute approximate surface area is 115 Å². The van der Waals surface area contributed by atoms with Crippen molar-refractivity contribution < 1.29 is 18.3 Å². The molecule has 2 rings (SSSR count). The highest BCUT2D eigenvalue weighted by molar-refractivity contribution is 5.94. The van der Waals surface area contributed by atoms with Crippen LogP contribution in [0.25, 0.3) is 0 Å². The van der Waals surface area contributed by atoms with E-state index in [0.717, 1.165) is 12.1 Å². The number of amides is 1. The van der Waals surface area contributed by atoms with Gasteiger partial charge in [0, 0.05) is 11.8 Å². The number of rotatable bonds is 4. The average molecular weight is 277 g/mol. The molecule has 104 valence electrons. The highest BCUT2D eigenvalue weighted by Crippen LogP contribution is 2.17. The quantitative estimate of drug-likeness (QED) is 0.930. The fourth-order valence-electron chi connectivity index (χ4n) is 1.57. The lowest BCUT2D eigenvalue weighted by Gasteiger charge is -2.14. The van der Waals surface area contributed by atoms with Gasteiger partial charge in [-0.1, -0.05) is 18.2 Å². The molecule has 0 aromatic heterocycles. The van der Waals surface area contributed by atoms with Gasteiger partial charge in [-0.05, 0) is 31.2 Å². The molecule has 5 heteroatoms. The molecule has 0 aliphatic rings. The number of ether oxygens (including phenoxy) is 1. The van der Waals surface area contributed by atoms with Crippen molar-refractivity contribution in [2.24, 2.45) is 0 Å². The van der Waals surface area contributed by atoms with Gasteiger partial charge in [0.05, 0.1) is 0 Å². The van der Waals surface area contributed by atoms with E-state index < -0.39 is 17.7 Å². The van der Waals surface area contributed by atoms with Crippen molar-refractivity contribution in [1.29, 1.82) is 0 Å². The van der Waals surface area contributed by atoms with Gasteiger partial charge < -0.3 is 10.1 Å². The smallest absolute Gasteiger partial charge is 0.265 e. The van der Waals surface area contributed by atoms with Crippen molar-refractivity contribution >= 4 is 11.6 Å². The predicted octanol–water partition coefficient (Wildman–Crippen LogP) is 3.37. The van der Waals surface area contributed by atoms with Gasteiger partial charge in [0.15, 0.2) is 17.7 Å². The summed E-state index contributed by atoms with van der Waals surface area (Å²) >= 11 is 0. The van der Waals surface area contributed by atoms with Crippen LogP contribution in [0.1, 0.15) is 6.92 Å². The number of hydrogen-bond donors (Lipinski definition) is 1. The molecule has 2 aromatic rings. The van der Waals surface area contributed by atoms with Crippen molar-refractivity contribution in [3.63, 3.8) is 0 Å². The van der Waals surface area contributed by atoms with E-state index in [4.69, 9.17) is 4.74 Å². The molecular weight excluding hydrogens is 264 g/mol. The van der Waals surface area contributed by atoms with Gasteiger partial charge in [-0.3, -0.25) is 4.79 Å². The summed E-state index contributed by atoms with van der Waals surface area (Å²) in [7, 11) is 0. The lowest BCUT2D eigenvalue weighted by molar-refractivity contribution is -0.122. The summed E-state index contributed by atoms with van der Waals surface area (Å²) in [5, 5.41) is 2.66. The largest absolute Gasteiger partial charge is 0.481 e. The normalized spacial score (nSPS) is 11.8. The lowest BCUT2D eigenvalue weighted by atomic mass is 10.3. The fraction of sp³-hybridized carbons (Fsp3) is 0.133. The molecule has 0 fully saturated rings. The van der Waals surface area contributed by atoms with E-state index >= 15 is 0 Å². The third-order valence-electron chi connectivity index (χ3n) is 2.61. The van der Waals surface area contributed by atoms with Crippen LogP contribution < -0.4 is 10.1 Å². The number of halogens is 2. The van der Waals surface area contributed by atoms with Crippen LogP contribution in [0.15, 0.2) is 48.5 Å². The van der Waals surface area contributed by atoms with Crippen LogP contribution in [0.4, 0.5) is 14.5 Å². The number of hydrogen-bond acceptors (Lipinski definition) is 2. The summed E-state index contributed by atoms with van der Waals surface area (Å²) in [6.45, 7) is 1.53. The number of carbonyl (C=O) groups is 1. The molecule has 0 heterocycles. The first-order valence-corrected chi connectivity index (χ1v) is 6.04. The second kappa shape index (κ2) is 6.14. The van der Waals surface area contributed by atoms with Crippen LogP contribution in [0, 0.1) is 11.6 Å². The number of para-hydroxylation sites is 1. The minimum absolute atomic E-state index is 0.0969. The molecular formula is C15H13F2NO2. The highest BCUT2D eigenvalue weighted by Gasteiger charge is 2.15. The molecule has 0 saturated heterocycles. The maximum atomic E-state index is 13.0. The Kier molecular flexibility index (Phi) is 4.30. The topological polar surface area (TPSA) is 38.3 Å². The zero-order chi connectivity index (χ0) is 14.5. The number of benzene rings is 2. The fourth-order valence-corrected chi connectivity index (χ4v) is 1.57. The van der Waals surface area contributed by atoms with Gasteiger partial charge >= 0.3 is 0 Å². The maximum absolute atomic E-state index is 13.0. The lowest BCUT2D eigenvalue weighted by Crippen LogP contribution is -2.30. The molecule has 0 saturated carbocycles. The first-order chi connectivity index (χ1) is 9.56. The second-order valence-corrected chi connectivity index (χ2v) is 4.19. The predicted molar refractivity (Wildman–Crippen MR) is 71.5 cm³/mol. The van der Waals surface area contributed by atoms with Gasteiger partial charge in [0.25, 0.3) is 5.91 Å². The SMILES string of the molecule is C[C@@H](Oc1ccc(F)c(F)c1)C(=O)Nc1ccccc1. The van der Waals surface area contributed by atoms with Crippen LogP contribution >= 0.6 is 0 Å². The Morgan fingerprint density at radius 1 is 1.10 bits per heavy atom. The van der Waals surface area contributed by atoms with Gasteiger partial charge in [-0.2, -0.15) is 0 Å². The molecule has 1 N–H and O–H groups in total. The van der Waals surface area contributed by atoms with E-state index in [9.17, 15) is 13.6 Å². The van der Waals surface area contributed by atoms with Gasteiger partial charge in [-0.15, -0.1) is 0 Å². The molecule has 2 aromatic carbocycles. The van der Waals surface area contributed by atoms with Crippen molar-refractivity contribution in [3.8, 4) is 5.75 Å². The minimum atomic E-state index is -1.02. The average Bonchev–Trinajstić information content (AvgIpc) is 2.44.